The van der Waals surface area contributed by atoms with Crippen molar-refractivity contribution in [2.75, 3.05) is 19.7 Å². The van der Waals surface area contributed by atoms with Crippen LogP contribution in [0.5, 0.6) is 0 Å². The molecule has 0 aromatic rings. The number of nitrogens with zero attached hydrogens (tertiary/aromatic N) is 1. The van der Waals surface area contributed by atoms with Gasteiger partial charge in [0.2, 0.25) is 11.8 Å². The molecule has 8 nitrogen and oxygen atoms in total. The molecule has 0 saturated carbocycles. The van der Waals surface area contributed by atoms with E-state index in [-0.39, 0.29) is 25.4 Å². The molecule has 0 aliphatic carbocycles. The van der Waals surface area contributed by atoms with E-state index in [9.17, 15) is 19.2 Å². The molecule has 0 radical (unpaired) electrons. The molecule has 1 atom stereocenters. The second kappa shape index (κ2) is 9.81. The molecule has 1 heterocycles. The van der Waals surface area contributed by atoms with Crippen molar-refractivity contribution in [1.82, 2.24) is 10.2 Å². The Morgan fingerprint density at radius 2 is 1.83 bits per heavy atom. The van der Waals surface area contributed by atoms with Crippen molar-refractivity contribution in [3.05, 3.63) is 0 Å². The van der Waals surface area contributed by atoms with Crippen molar-refractivity contribution in [3.63, 3.8) is 0 Å². The molecule has 0 aromatic heterocycles. The molecule has 0 bridgehead atoms. The van der Waals surface area contributed by atoms with Crippen LogP contribution in [0.15, 0.2) is 0 Å². The number of carboxylic acid groups (broad SMARTS) is 1. The smallest absolute Gasteiger partial charge is 0.326 e. The normalized spacial score (nSPS) is 15.6. The summed E-state index contributed by atoms with van der Waals surface area (Å²) in [5.74, 6) is -2.76. The van der Waals surface area contributed by atoms with Crippen LogP contribution in [-0.2, 0) is 23.9 Å². The fourth-order valence-electron chi connectivity index (χ4n) is 2.42. The lowest BCUT2D eigenvalue weighted by Crippen LogP contribution is -2.43. The zero-order chi connectivity index (χ0) is 17.2. The first kappa shape index (κ1) is 18.9. The average Bonchev–Trinajstić information content (AvgIpc) is 2.51. The van der Waals surface area contributed by atoms with Crippen LogP contribution in [0.4, 0.5) is 0 Å². The summed E-state index contributed by atoms with van der Waals surface area (Å²) in [5.41, 5.74) is 0. The van der Waals surface area contributed by atoms with Gasteiger partial charge in [-0.25, -0.2) is 4.79 Å². The Hall–Kier alpha value is -2.12. The molecule has 0 unspecified atom stereocenters. The maximum Gasteiger partial charge on any atom is 0.326 e. The van der Waals surface area contributed by atoms with Crippen LogP contribution in [0.3, 0.4) is 0 Å². The quantitative estimate of drug-likeness (QED) is 0.489. The summed E-state index contributed by atoms with van der Waals surface area (Å²) in [6.45, 7) is 3.17. The Morgan fingerprint density at radius 3 is 2.39 bits per heavy atom. The van der Waals surface area contributed by atoms with Crippen molar-refractivity contribution in [3.8, 4) is 0 Å². The molecule has 2 N–H and O–H groups in total. The number of aliphatic carboxylic acids is 1. The van der Waals surface area contributed by atoms with E-state index in [2.05, 4.69) is 10.1 Å². The minimum atomic E-state index is -1.23. The Morgan fingerprint density at radius 1 is 1.17 bits per heavy atom. The Bertz CT molecular complexity index is 445. The number of hydrogen-bond acceptors (Lipinski definition) is 5. The highest BCUT2D eigenvalue weighted by Gasteiger charge is 2.24. The first-order valence-corrected chi connectivity index (χ1v) is 7.89. The molecular formula is C15H24N2O6. The number of piperidine rings is 1. The van der Waals surface area contributed by atoms with E-state index in [1.807, 2.05) is 0 Å². The van der Waals surface area contributed by atoms with E-state index in [0.29, 0.717) is 13.1 Å². The summed E-state index contributed by atoms with van der Waals surface area (Å²) < 4.78 is 4.62. The minimum Gasteiger partial charge on any atom is -0.480 e. The first-order valence-electron chi connectivity index (χ1n) is 7.89. The fraction of sp³-hybridized carbons (Fsp3) is 0.733. The standard InChI is InChI=1S/C15H24N2O6/c1-2-23-14(20)10-12(18)16-11(15(21)22)6-7-13(19)17-8-4-3-5-9-17/h11H,2-10H2,1H3,(H,16,18)(H,21,22)/t11-/m1/s1. The number of hydrogen-bond donors (Lipinski definition) is 2. The number of carbonyl (C=O) groups is 4. The third-order valence-electron chi connectivity index (χ3n) is 3.60. The zero-order valence-electron chi connectivity index (χ0n) is 13.4. The van der Waals surface area contributed by atoms with Crippen LogP contribution < -0.4 is 5.32 Å². The second-order valence-corrected chi connectivity index (χ2v) is 5.42. The predicted molar refractivity (Wildman–Crippen MR) is 80.5 cm³/mol. The van der Waals surface area contributed by atoms with Gasteiger partial charge in [0, 0.05) is 19.5 Å². The summed E-state index contributed by atoms with van der Waals surface area (Å²) in [5, 5.41) is 11.4. The Balaban J connectivity index is 2.42. The van der Waals surface area contributed by atoms with Crippen molar-refractivity contribution >= 4 is 23.8 Å². The van der Waals surface area contributed by atoms with Gasteiger partial charge in [-0.15, -0.1) is 0 Å². The van der Waals surface area contributed by atoms with E-state index in [1.165, 1.54) is 0 Å². The number of nitrogens with one attached hydrogen (secondary N) is 1. The summed E-state index contributed by atoms with van der Waals surface area (Å²) in [7, 11) is 0. The third-order valence-corrected chi connectivity index (χ3v) is 3.60. The van der Waals surface area contributed by atoms with Crippen LogP contribution >= 0.6 is 0 Å². The highest BCUT2D eigenvalue weighted by molar-refractivity contribution is 5.96. The second-order valence-electron chi connectivity index (χ2n) is 5.42. The topological polar surface area (TPSA) is 113 Å². The molecule has 1 aliphatic rings. The molecule has 2 amide bonds. The van der Waals surface area contributed by atoms with Crippen molar-refractivity contribution < 1.29 is 29.0 Å². The maximum absolute atomic E-state index is 12.0. The van der Waals surface area contributed by atoms with Crippen LogP contribution in [-0.4, -0.2) is 59.5 Å². The number of carboxylic acids is 1. The molecule has 23 heavy (non-hydrogen) atoms. The lowest BCUT2D eigenvalue weighted by atomic mass is 10.1. The molecule has 1 rings (SSSR count). The number of carbonyl (C=O) groups excluding carboxylic acids is 3. The average molecular weight is 328 g/mol. The molecular weight excluding hydrogens is 304 g/mol. The minimum absolute atomic E-state index is 0.000762. The monoisotopic (exact) mass is 328 g/mol. The lowest BCUT2D eigenvalue weighted by molar-refractivity contribution is -0.148. The molecule has 0 spiro atoms. The van der Waals surface area contributed by atoms with Crippen molar-refractivity contribution in [2.24, 2.45) is 0 Å². The van der Waals surface area contributed by atoms with E-state index in [0.717, 1.165) is 19.3 Å². The van der Waals surface area contributed by atoms with Gasteiger partial charge in [0.15, 0.2) is 0 Å². The molecule has 1 fully saturated rings. The molecule has 1 aliphatic heterocycles. The van der Waals surface area contributed by atoms with Gasteiger partial charge in [0.25, 0.3) is 0 Å². The van der Waals surface area contributed by atoms with E-state index < -0.39 is 30.3 Å². The highest BCUT2D eigenvalue weighted by atomic mass is 16.5. The number of rotatable bonds is 8. The van der Waals surface area contributed by atoms with Crippen LogP contribution in [0.25, 0.3) is 0 Å². The van der Waals surface area contributed by atoms with Gasteiger partial charge < -0.3 is 20.1 Å². The van der Waals surface area contributed by atoms with E-state index in [4.69, 9.17) is 5.11 Å². The fourth-order valence-corrected chi connectivity index (χ4v) is 2.42. The van der Waals surface area contributed by atoms with Gasteiger partial charge in [-0.05, 0) is 32.6 Å². The highest BCUT2D eigenvalue weighted by Crippen LogP contribution is 2.11. The van der Waals surface area contributed by atoms with Gasteiger partial charge in [0.1, 0.15) is 12.5 Å². The first-order chi connectivity index (χ1) is 10.9. The van der Waals surface area contributed by atoms with Gasteiger partial charge >= 0.3 is 11.9 Å². The largest absolute Gasteiger partial charge is 0.480 e. The zero-order valence-corrected chi connectivity index (χ0v) is 13.4. The van der Waals surface area contributed by atoms with Crippen molar-refractivity contribution in [2.45, 2.75) is 51.5 Å². The van der Waals surface area contributed by atoms with Crippen LogP contribution in [0.2, 0.25) is 0 Å². The summed E-state index contributed by atoms with van der Waals surface area (Å²) in [4.78, 5) is 47.7. The SMILES string of the molecule is CCOC(=O)CC(=O)N[C@H](CCC(=O)N1CCCCC1)C(=O)O. The molecule has 0 aromatic carbocycles. The van der Waals surface area contributed by atoms with E-state index in [1.54, 1.807) is 11.8 Å². The van der Waals surface area contributed by atoms with Crippen LogP contribution in [0.1, 0.15) is 45.4 Å². The van der Waals surface area contributed by atoms with Crippen molar-refractivity contribution in [1.29, 1.82) is 0 Å². The number of esters is 1. The van der Waals surface area contributed by atoms with E-state index >= 15 is 0 Å². The number of ether oxygens (including phenoxy) is 1. The maximum atomic E-state index is 12.0. The Kier molecular flexibility index (Phi) is 8.07. The third kappa shape index (κ3) is 7.12. The molecule has 8 heteroatoms. The number of amides is 2. The summed E-state index contributed by atoms with van der Waals surface area (Å²) >= 11 is 0. The molecule has 130 valence electrons. The van der Waals surface area contributed by atoms with Gasteiger partial charge in [-0.3, -0.25) is 14.4 Å². The van der Waals surface area contributed by atoms with Crippen LogP contribution in [0, 0.1) is 0 Å². The Labute approximate surface area is 135 Å². The molecule has 1 saturated heterocycles. The van der Waals surface area contributed by atoms with Gasteiger partial charge in [-0.2, -0.15) is 0 Å². The summed E-state index contributed by atoms with van der Waals surface area (Å²) in [6, 6.07) is -1.19. The van der Waals surface area contributed by atoms with Gasteiger partial charge in [0.05, 0.1) is 6.61 Å². The van der Waals surface area contributed by atoms with Gasteiger partial charge in [-0.1, -0.05) is 0 Å². The predicted octanol–water partition coefficient (Wildman–Crippen LogP) is 0.302. The lowest BCUT2D eigenvalue weighted by Gasteiger charge is -2.27. The summed E-state index contributed by atoms with van der Waals surface area (Å²) in [6.07, 6.45) is 2.55. The number of likely N-dealkylation sites (tertiary alicyclic amines) is 1.